The third-order valence-corrected chi connectivity index (χ3v) is 5.00. The maximum atomic E-state index is 12.2. The van der Waals surface area contributed by atoms with Gasteiger partial charge in [-0.15, -0.1) is 11.8 Å². The molecule has 0 saturated heterocycles. The third-order valence-electron chi connectivity index (χ3n) is 3.59. The Hall–Kier alpha value is -1.65. The Labute approximate surface area is 139 Å². The van der Waals surface area contributed by atoms with Crippen molar-refractivity contribution in [2.45, 2.75) is 11.4 Å². The highest BCUT2D eigenvalue weighted by Crippen LogP contribution is 2.33. The van der Waals surface area contributed by atoms with Crippen molar-refractivity contribution < 1.29 is 4.79 Å². The molecule has 2 aromatic rings. The summed E-state index contributed by atoms with van der Waals surface area (Å²) in [5.41, 5.74) is 2.08. The van der Waals surface area contributed by atoms with Gasteiger partial charge in [0.25, 0.3) is 0 Å². The van der Waals surface area contributed by atoms with Crippen LogP contribution < -0.4 is 10.2 Å². The van der Waals surface area contributed by atoms with Crippen LogP contribution in [0, 0.1) is 0 Å². The number of halogens is 1. The largest absolute Gasteiger partial charge is 0.360 e. The van der Waals surface area contributed by atoms with E-state index in [0.29, 0.717) is 18.1 Å². The molecular weight excluding hydrogens is 316 g/mol. The van der Waals surface area contributed by atoms with E-state index in [4.69, 9.17) is 11.6 Å². The van der Waals surface area contributed by atoms with Crippen molar-refractivity contribution in [1.29, 1.82) is 0 Å². The van der Waals surface area contributed by atoms with Gasteiger partial charge in [-0.2, -0.15) is 0 Å². The average molecular weight is 333 g/mol. The molecule has 1 N–H and O–H groups in total. The van der Waals surface area contributed by atoms with Crippen LogP contribution in [0.4, 0.5) is 5.69 Å². The summed E-state index contributed by atoms with van der Waals surface area (Å²) < 4.78 is 0. The lowest BCUT2D eigenvalue weighted by atomic mass is 10.2. The molecule has 2 aromatic carbocycles. The Bertz CT molecular complexity index is 677. The van der Waals surface area contributed by atoms with Gasteiger partial charge in [-0.3, -0.25) is 4.79 Å². The lowest BCUT2D eigenvalue weighted by Gasteiger charge is -2.30. The van der Waals surface area contributed by atoms with E-state index in [0.717, 1.165) is 23.5 Å². The quantitative estimate of drug-likeness (QED) is 0.929. The summed E-state index contributed by atoms with van der Waals surface area (Å²) in [5.74, 6) is 1.02. The first-order chi connectivity index (χ1) is 10.7. The fraction of sp³-hybridized carbons (Fsp3) is 0.235. The molecule has 0 unspecified atom stereocenters. The van der Waals surface area contributed by atoms with E-state index in [1.807, 2.05) is 48.2 Å². The lowest BCUT2D eigenvalue weighted by Crippen LogP contribution is -2.39. The zero-order chi connectivity index (χ0) is 15.4. The SMILES string of the molecule is O=C(CN1CCSc2ccccc21)NCc1ccccc1Cl. The van der Waals surface area contributed by atoms with Crippen LogP contribution in [0.15, 0.2) is 53.4 Å². The van der Waals surface area contributed by atoms with Gasteiger partial charge in [0.15, 0.2) is 0 Å². The van der Waals surface area contributed by atoms with E-state index in [2.05, 4.69) is 22.3 Å². The predicted octanol–water partition coefficient (Wildman–Crippen LogP) is 3.57. The molecule has 5 heteroatoms. The molecule has 1 amide bonds. The summed E-state index contributed by atoms with van der Waals surface area (Å²) >= 11 is 7.94. The van der Waals surface area contributed by atoms with E-state index in [-0.39, 0.29) is 5.91 Å². The van der Waals surface area contributed by atoms with Crippen molar-refractivity contribution in [1.82, 2.24) is 5.32 Å². The Balaban J connectivity index is 1.60. The number of nitrogens with zero attached hydrogens (tertiary/aromatic N) is 1. The normalized spacial score (nSPS) is 13.6. The number of rotatable bonds is 4. The maximum Gasteiger partial charge on any atom is 0.239 e. The second kappa shape index (κ2) is 7.07. The van der Waals surface area contributed by atoms with Gasteiger partial charge in [0.05, 0.1) is 12.2 Å². The summed E-state index contributed by atoms with van der Waals surface area (Å²) in [4.78, 5) is 15.6. The molecule has 0 saturated carbocycles. The Morgan fingerprint density at radius 3 is 2.82 bits per heavy atom. The number of benzene rings is 2. The van der Waals surface area contributed by atoms with Crippen LogP contribution >= 0.6 is 23.4 Å². The molecule has 0 radical (unpaired) electrons. The number of amides is 1. The van der Waals surface area contributed by atoms with Gasteiger partial charge in [0.1, 0.15) is 0 Å². The van der Waals surface area contributed by atoms with E-state index in [9.17, 15) is 4.79 Å². The highest BCUT2D eigenvalue weighted by atomic mass is 35.5. The summed E-state index contributed by atoms with van der Waals surface area (Å²) in [6, 6.07) is 15.8. The monoisotopic (exact) mass is 332 g/mol. The molecule has 0 aliphatic carbocycles. The highest BCUT2D eigenvalue weighted by molar-refractivity contribution is 7.99. The fourth-order valence-corrected chi connectivity index (χ4v) is 3.71. The Kier molecular flexibility index (Phi) is 4.90. The van der Waals surface area contributed by atoms with Crippen LogP contribution in [-0.2, 0) is 11.3 Å². The standard InChI is InChI=1S/C17H17ClN2OS/c18-14-6-2-1-5-13(14)11-19-17(21)12-20-9-10-22-16-8-4-3-7-15(16)20/h1-8H,9-12H2,(H,19,21). The molecule has 1 aliphatic rings. The summed E-state index contributed by atoms with van der Waals surface area (Å²) in [6.07, 6.45) is 0. The zero-order valence-electron chi connectivity index (χ0n) is 12.1. The minimum absolute atomic E-state index is 0.0154. The van der Waals surface area contributed by atoms with E-state index >= 15 is 0 Å². The van der Waals surface area contributed by atoms with Crippen molar-refractivity contribution in [2.75, 3.05) is 23.7 Å². The van der Waals surface area contributed by atoms with E-state index in [1.54, 1.807) is 0 Å². The molecule has 1 aliphatic heterocycles. The number of para-hydroxylation sites is 1. The highest BCUT2D eigenvalue weighted by Gasteiger charge is 2.18. The first-order valence-corrected chi connectivity index (χ1v) is 8.57. The smallest absolute Gasteiger partial charge is 0.239 e. The minimum atomic E-state index is 0.0154. The summed E-state index contributed by atoms with van der Waals surface area (Å²) in [5, 5.41) is 3.63. The molecule has 114 valence electrons. The van der Waals surface area contributed by atoms with Crippen molar-refractivity contribution >= 4 is 35.0 Å². The molecule has 1 heterocycles. The van der Waals surface area contributed by atoms with Crippen molar-refractivity contribution in [3.63, 3.8) is 0 Å². The molecule has 22 heavy (non-hydrogen) atoms. The molecule has 3 rings (SSSR count). The van der Waals surface area contributed by atoms with Crippen molar-refractivity contribution in [3.05, 3.63) is 59.1 Å². The molecule has 3 nitrogen and oxygen atoms in total. The molecule has 0 fully saturated rings. The number of anilines is 1. The molecule has 0 aromatic heterocycles. The van der Waals surface area contributed by atoms with Gasteiger partial charge in [-0.25, -0.2) is 0 Å². The van der Waals surface area contributed by atoms with Crippen LogP contribution in [0.3, 0.4) is 0 Å². The first-order valence-electron chi connectivity index (χ1n) is 7.21. The minimum Gasteiger partial charge on any atom is -0.360 e. The number of hydrogen-bond donors (Lipinski definition) is 1. The molecule has 0 atom stereocenters. The zero-order valence-corrected chi connectivity index (χ0v) is 13.7. The summed E-state index contributed by atoms with van der Waals surface area (Å²) in [6.45, 7) is 1.73. The number of hydrogen-bond acceptors (Lipinski definition) is 3. The molecule has 0 bridgehead atoms. The number of fused-ring (bicyclic) bond motifs is 1. The number of carbonyl (C=O) groups excluding carboxylic acids is 1. The molecule has 0 spiro atoms. The predicted molar refractivity (Wildman–Crippen MR) is 92.7 cm³/mol. The topological polar surface area (TPSA) is 32.3 Å². The fourth-order valence-electron chi connectivity index (χ4n) is 2.46. The van der Waals surface area contributed by atoms with Gasteiger partial charge in [0, 0.05) is 28.8 Å². The van der Waals surface area contributed by atoms with Crippen LogP contribution in [0.1, 0.15) is 5.56 Å². The number of nitrogens with one attached hydrogen (secondary N) is 1. The Morgan fingerprint density at radius 2 is 1.95 bits per heavy atom. The van der Waals surface area contributed by atoms with Gasteiger partial charge in [-0.05, 0) is 23.8 Å². The van der Waals surface area contributed by atoms with Gasteiger partial charge in [0.2, 0.25) is 5.91 Å². The summed E-state index contributed by atoms with van der Waals surface area (Å²) in [7, 11) is 0. The lowest BCUT2D eigenvalue weighted by molar-refractivity contribution is -0.119. The van der Waals surface area contributed by atoms with Crippen molar-refractivity contribution in [3.8, 4) is 0 Å². The van der Waals surface area contributed by atoms with Crippen LogP contribution in [0.2, 0.25) is 5.02 Å². The average Bonchev–Trinajstić information content (AvgIpc) is 2.54. The van der Waals surface area contributed by atoms with Gasteiger partial charge in [-0.1, -0.05) is 41.9 Å². The van der Waals surface area contributed by atoms with Crippen molar-refractivity contribution in [2.24, 2.45) is 0 Å². The molecular formula is C17H17ClN2OS. The van der Waals surface area contributed by atoms with E-state index < -0.39 is 0 Å². The number of carbonyl (C=O) groups is 1. The van der Waals surface area contributed by atoms with Gasteiger partial charge >= 0.3 is 0 Å². The van der Waals surface area contributed by atoms with Gasteiger partial charge < -0.3 is 10.2 Å². The van der Waals surface area contributed by atoms with Crippen LogP contribution in [0.5, 0.6) is 0 Å². The van der Waals surface area contributed by atoms with E-state index in [1.165, 1.54) is 4.90 Å². The van der Waals surface area contributed by atoms with Crippen LogP contribution in [-0.4, -0.2) is 24.7 Å². The number of thioether (sulfide) groups is 1. The second-order valence-electron chi connectivity index (χ2n) is 5.11. The second-order valence-corrected chi connectivity index (χ2v) is 6.65. The van der Waals surface area contributed by atoms with Crippen LogP contribution in [0.25, 0.3) is 0 Å². The first kappa shape index (κ1) is 15.3. The third kappa shape index (κ3) is 3.57. The maximum absolute atomic E-state index is 12.2. The Morgan fingerprint density at radius 1 is 1.18 bits per heavy atom.